The van der Waals surface area contributed by atoms with Crippen LogP contribution < -0.4 is 0 Å². The number of amides is 1. The van der Waals surface area contributed by atoms with Crippen LogP contribution in [0.3, 0.4) is 0 Å². The standard InChI is InChI=1S/C14H14F3NO/c1-2-13(19)18-8-7-11(9-18)10-3-5-12(6-4-10)14(15,16)17/h2-6,11H,1,7-9H2. The fourth-order valence-corrected chi connectivity index (χ4v) is 2.31. The molecule has 1 unspecified atom stereocenters. The molecule has 0 N–H and O–H groups in total. The van der Waals surface area contributed by atoms with Gasteiger partial charge < -0.3 is 4.90 Å². The van der Waals surface area contributed by atoms with E-state index in [4.69, 9.17) is 0 Å². The van der Waals surface area contributed by atoms with E-state index in [0.29, 0.717) is 13.1 Å². The number of carbonyl (C=O) groups excluding carboxylic acids is 1. The third-order valence-corrected chi connectivity index (χ3v) is 3.38. The minimum Gasteiger partial charge on any atom is -0.339 e. The Morgan fingerprint density at radius 1 is 1.32 bits per heavy atom. The number of alkyl halides is 3. The first kappa shape index (κ1) is 13.6. The summed E-state index contributed by atoms with van der Waals surface area (Å²) >= 11 is 0. The maximum absolute atomic E-state index is 12.4. The minimum atomic E-state index is -4.31. The van der Waals surface area contributed by atoms with Gasteiger partial charge in [-0.3, -0.25) is 4.79 Å². The Balaban J connectivity index is 2.08. The van der Waals surface area contributed by atoms with Gasteiger partial charge in [-0.15, -0.1) is 0 Å². The molecule has 2 rings (SSSR count). The zero-order chi connectivity index (χ0) is 14.0. The Kier molecular flexibility index (Phi) is 3.64. The van der Waals surface area contributed by atoms with Gasteiger partial charge in [0.15, 0.2) is 0 Å². The van der Waals surface area contributed by atoms with Crippen molar-refractivity contribution in [3.8, 4) is 0 Å². The lowest BCUT2D eigenvalue weighted by molar-refractivity contribution is -0.137. The van der Waals surface area contributed by atoms with E-state index in [2.05, 4.69) is 6.58 Å². The van der Waals surface area contributed by atoms with Gasteiger partial charge in [-0.05, 0) is 30.2 Å². The van der Waals surface area contributed by atoms with Crippen molar-refractivity contribution in [3.05, 3.63) is 48.0 Å². The summed E-state index contributed by atoms with van der Waals surface area (Å²) in [6, 6.07) is 5.17. The average Bonchev–Trinajstić information content (AvgIpc) is 2.86. The first-order valence-corrected chi connectivity index (χ1v) is 6.00. The van der Waals surface area contributed by atoms with Crippen LogP contribution in [0.25, 0.3) is 0 Å². The van der Waals surface area contributed by atoms with Crippen LogP contribution in [0.2, 0.25) is 0 Å². The normalized spacial score (nSPS) is 19.5. The van der Waals surface area contributed by atoms with Gasteiger partial charge >= 0.3 is 6.18 Å². The number of nitrogens with zero attached hydrogens (tertiary/aromatic N) is 1. The Hall–Kier alpha value is -1.78. The highest BCUT2D eigenvalue weighted by Crippen LogP contribution is 2.32. The van der Waals surface area contributed by atoms with E-state index < -0.39 is 11.7 Å². The largest absolute Gasteiger partial charge is 0.416 e. The van der Waals surface area contributed by atoms with Crippen LogP contribution in [0.1, 0.15) is 23.5 Å². The van der Waals surface area contributed by atoms with E-state index in [1.54, 1.807) is 4.90 Å². The van der Waals surface area contributed by atoms with E-state index in [1.807, 2.05) is 0 Å². The molecule has 0 spiro atoms. The molecule has 1 atom stereocenters. The molecule has 0 aromatic heterocycles. The van der Waals surface area contributed by atoms with Crippen LogP contribution in [0.5, 0.6) is 0 Å². The molecule has 2 nitrogen and oxygen atoms in total. The molecule has 1 aliphatic heterocycles. The molecule has 1 saturated heterocycles. The summed E-state index contributed by atoms with van der Waals surface area (Å²) < 4.78 is 37.3. The van der Waals surface area contributed by atoms with Crippen molar-refractivity contribution in [2.75, 3.05) is 13.1 Å². The molecule has 19 heavy (non-hydrogen) atoms. The topological polar surface area (TPSA) is 20.3 Å². The molecule has 1 aromatic rings. The lowest BCUT2D eigenvalue weighted by atomic mass is 9.97. The lowest BCUT2D eigenvalue weighted by Gasteiger charge is -2.15. The molecule has 1 fully saturated rings. The van der Waals surface area contributed by atoms with Crippen LogP contribution in [0, 0.1) is 0 Å². The van der Waals surface area contributed by atoms with E-state index in [9.17, 15) is 18.0 Å². The summed E-state index contributed by atoms with van der Waals surface area (Å²) in [5, 5.41) is 0. The Morgan fingerprint density at radius 2 is 1.95 bits per heavy atom. The fourth-order valence-electron chi connectivity index (χ4n) is 2.31. The minimum absolute atomic E-state index is 0.103. The van der Waals surface area contributed by atoms with Crippen molar-refractivity contribution in [2.45, 2.75) is 18.5 Å². The van der Waals surface area contributed by atoms with E-state index in [0.717, 1.165) is 24.1 Å². The second-order valence-corrected chi connectivity index (χ2v) is 4.59. The van der Waals surface area contributed by atoms with E-state index in [1.165, 1.54) is 18.2 Å². The van der Waals surface area contributed by atoms with Crippen molar-refractivity contribution in [1.82, 2.24) is 4.90 Å². The van der Waals surface area contributed by atoms with Gasteiger partial charge in [-0.1, -0.05) is 18.7 Å². The molecule has 0 radical (unpaired) electrons. The van der Waals surface area contributed by atoms with Gasteiger partial charge in [0.25, 0.3) is 0 Å². The van der Waals surface area contributed by atoms with Crippen molar-refractivity contribution in [3.63, 3.8) is 0 Å². The predicted octanol–water partition coefficient (Wildman–Crippen LogP) is 3.21. The number of likely N-dealkylation sites (tertiary alicyclic amines) is 1. The van der Waals surface area contributed by atoms with Gasteiger partial charge in [-0.2, -0.15) is 13.2 Å². The fraction of sp³-hybridized carbons (Fsp3) is 0.357. The molecule has 0 bridgehead atoms. The zero-order valence-electron chi connectivity index (χ0n) is 10.3. The first-order chi connectivity index (χ1) is 8.91. The van der Waals surface area contributed by atoms with Crippen molar-refractivity contribution < 1.29 is 18.0 Å². The molecule has 5 heteroatoms. The summed E-state index contributed by atoms with van der Waals surface area (Å²) in [5.74, 6) is -0.0272. The second-order valence-electron chi connectivity index (χ2n) is 4.59. The highest BCUT2D eigenvalue weighted by Gasteiger charge is 2.31. The summed E-state index contributed by atoms with van der Waals surface area (Å²) in [5.41, 5.74) is 0.195. The predicted molar refractivity (Wildman–Crippen MR) is 65.6 cm³/mol. The highest BCUT2D eigenvalue weighted by molar-refractivity contribution is 5.87. The van der Waals surface area contributed by atoms with Gasteiger partial charge in [0.1, 0.15) is 0 Å². The Bertz CT molecular complexity index is 478. The molecular formula is C14H14F3NO. The lowest BCUT2D eigenvalue weighted by Crippen LogP contribution is -2.26. The van der Waals surface area contributed by atoms with Gasteiger partial charge in [-0.25, -0.2) is 0 Å². The Morgan fingerprint density at radius 3 is 2.47 bits per heavy atom. The summed E-state index contributed by atoms with van der Waals surface area (Å²) in [7, 11) is 0. The number of hydrogen-bond donors (Lipinski definition) is 0. The van der Waals surface area contributed by atoms with E-state index in [-0.39, 0.29) is 11.8 Å². The molecule has 1 aliphatic rings. The maximum atomic E-state index is 12.4. The van der Waals surface area contributed by atoms with Crippen LogP contribution in [-0.2, 0) is 11.0 Å². The van der Waals surface area contributed by atoms with Crippen molar-refractivity contribution in [1.29, 1.82) is 0 Å². The summed E-state index contributed by atoms with van der Waals surface area (Å²) in [6.07, 6.45) is -2.28. The van der Waals surface area contributed by atoms with Crippen LogP contribution >= 0.6 is 0 Å². The third kappa shape index (κ3) is 2.97. The van der Waals surface area contributed by atoms with E-state index >= 15 is 0 Å². The number of halogens is 3. The molecule has 0 saturated carbocycles. The SMILES string of the molecule is C=CC(=O)N1CCC(c2ccc(C(F)(F)F)cc2)C1. The zero-order valence-corrected chi connectivity index (χ0v) is 10.3. The van der Waals surface area contributed by atoms with Gasteiger partial charge in [0, 0.05) is 19.0 Å². The molecule has 1 amide bonds. The molecule has 1 aromatic carbocycles. The van der Waals surface area contributed by atoms with Gasteiger partial charge in [0.2, 0.25) is 5.91 Å². The molecule has 0 aliphatic carbocycles. The quantitative estimate of drug-likeness (QED) is 0.755. The van der Waals surface area contributed by atoms with Crippen molar-refractivity contribution >= 4 is 5.91 Å². The average molecular weight is 269 g/mol. The van der Waals surface area contributed by atoms with Crippen molar-refractivity contribution in [2.24, 2.45) is 0 Å². The third-order valence-electron chi connectivity index (χ3n) is 3.38. The summed E-state index contributed by atoms with van der Waals surface area (Å²) in [6.45, 7) is 4.58. The van der Waals surface area contributed by atoms with Gasteiger partial charge in [0.05, 0.1) is 5.56 Å². The van der Waals surface area contributed by atoms with Crippen LogP contribution in [-0.4, -0.2) is 23.9 Å². The number of benzene rings is 1. The number of rotatable bonds is 2. The smallest absolute Gasteiger partial charge is 0.339 e. The monoisotopic (exact) mass is 269 g/mol. The molecule has 1 heterocycles. The number of hydrogen-bond acceptors (Lipinski definition) is 1. The first-order valence-electron chi connectivity index (χ1n) is 6.00. The molecule has 102 valence electrons. The second kappa shape index (κ2) is 5.07. The van der Waals surface area contributed by atoms with Crippen LogP contribution in [0.15, 0.2) is 36.9 Å². The highest BCUT2D eigenvalue weighted by atomic mass is 19.4. The van der Waals surface area contributed by atoms with Crippen LogP contribution in [0.4, 0.5) is 13.2 Å². The number of carbonyl (C=O) groups is 1. The Labute approximate surface area is 109 Å². The molecular weight excluding hydrogens is 255 g/mol. The maximum Gasteiger partial charge on any atom is 0.416 e. The summed E-state index contributed by atoms with van der Waals surface area (Å²) in [4.78, 5) is 13.1.